The third-order valence-corrected chi connectivity index (χ3v) is 4.30. The lowest BCUT2D eigenvalue weighted by molar-refractivity contribution is 0.0953. The van der Waals surface area contributed by atoms with Gasteiger partial charge in [0.1, 0.15) is 0 Å². The Balaban J connectivity index is 0.00000400. The van der Waals surface area contributed by atoms with Gasteiger partial charge in [-0.2, -0.15) is 0 Å². The van der Waals surface area contributed by atoms with Gasteiger partial charge in [-0.25, -0.2) is 13.1 Å². The molecule has 21 heavy (non-hydrogen) atoms. The molecule has 6 nitrogen and oxygen atoms in total. The Labute approximate surface area is 132 Å². The molecule has 0 fully saturated rings. The molecule has 8 heteroatoms. The summed E-state index contributed by atoms with van der Waals surface area (Å²) >= 11 is 0. The third kappa shape index (κ3) is 5.62. The van der Waals surface area contributed by atoms with E-state index >= 15 is 0 Å². The van der Waals surface area contributed by atoms with Crippen LogP contribution in [-0.4, -0.2) is 41.0 Å². The van der Waals surface area contributed by atoms with Crippen molar-refractivity contribution in [2.24, 2.45) is 0 Å². The molecule has 1 rings (SSSR count). The second-order valence-electron chi connectivity index (χ2n) is 4.34. The molecule has 0 saturated heterocycles. The number of rotatable bonds is 7. The number of benzene rings is 1. The lowest BCUT2D eigenvalue weighted by Crippen LogP contribution is -2.31. The topological polar surface area (TPSA) is 87.3 Å². The molecule has 120 valence electrons. The van der Waals surface area contributed by atoms with Gasteiger partial charge in [-0.05, 0) is 31.7 Å². The van der Waals surface area contributed by atoms with Gasteiger partial charge in [-0.1, -0.05) is 13.0 Å². The average molecular weight is 336 g/mol. The van der Waals surface area contributed by atoms with E-state index in [9.17, 15) is 13.2 Å². The number of likely N-dealkylation sites (N-methyl/N-ethyl adjacent to an activating group) is 1. The van der Waals surface area contributed by atoms with E-state index in [2.05, 4.69) is 15.4 Å². The van der Waals surface area contributed by atoms with Gasteiger partial charge in [0.05, 0.1) is 4.90 Å². The van der Waals surface area contributed by atoms with Gasteiger partial charge in [0, 0.05) is 25.2 Å². The standard InChI is InChI=1S/C13H21N3O3S.ClH/c1-4-16-20(18,19)11-6-5-10(2)12(9-11)13(17)15-8-7-14-3;/h5-6,9,14,16H,4,7-8H2,1-3H3,(H,15,17);1H. The summed E-state index contributed by atoms with van der Waals surface area (Å²) in [6.45, 7) is 4.92. The van der Waals surface area contributed by atoms with Crippen LogP contribution >= 0.6 is 12.4 Å². The van der Waals surface area contributed by atoms with Crippen molar-refractivity contribution in [2.75, 3.05) is 26.7 Å². The fraction of sp³-hybridized carbons (Fsp3) is 0.462. The lowest BCUT2D eigenvalue weighted by atomic mass is 10.1. The van der Waals surface area contributed by atoms with Crippen molar-refractivity contribution in [3.63, 3.8) is 0 Å². The largest absolute Gasteiger partial charge is 0.351 e. The number of aryl methyl sites for hydroxylation is 1. The predicted molar refractivity (Wildman–Crippen MR) is 85.5 cm³/mol. The molecule has 0 aliphatic carbocycles. The quantitative estimate of drug-likeness (QED) is 0.639. The summed E-state index contributed by atoms with van der Waals surface area (Å²) in [6, 6.07) is 4.54. The maximum Gasteiger partial charge on any atom is 0.251 e. The maximum absolute atomic E-state index is 12.0. The van der Waals surface area contributed by atoms with Crippen LogP contribution in [0.4, 0.5) is 0 Å². The fourth-order valence-electron chi connectivity index (χ4n) is 1.68. The normalized spacial score (nSPS) is 10.8. The minimum atomic E-state index is -3.55. The molecule has 0 bridgehead atoms. The Kier molecular flexibility index (Phi) is 8.50. The van der Waals surface area contributed by atoms with Crippen molar-refractivity contribution >= 4 is 28.3 Å². The first kappa shape index (κ1) is 19.9. The first-order valence-electron chi connectivity index (χ1n) is 6.45. The molecule has 1 aromatic carbocycles. The minimum Gasteiger partial charge on any atom is -0.351 e. The third-order valence-electron chi connectivity index (χ3n) is 2.76. The Morgan fingerprint density at radius 1 is 1.24 bits per heavy atom. The van der Waals surface area contributed by atoms with Crippen molar-refractivity contribution in [3.05, 3.63) is 29.3 Å². The summed E-state index contributed by atoms with van der Waals surface area (Å²) in [7, 11) is -1.76. The second-order valence-corrected chi connectivity index (χ2v) is 6.10. The van der Waals surface area contributed by atoms with E-state index in [-0.39, 0.29) is 23.2 Å². The molecule has 3 N–H and O–H groups in total. The molecule has 0 saturated carbocycles. The minimum absolute atomic E-state index is 0. The summed E-state index contributed by atoms with van der Waals surface area (Å²) < 4.78 is 26.3. The van der Waals surface area contributed by atoms with Gasteiger partial charge >= 0.3 is 0 Å². The number of carbonyl (C=O) groups excluding carboxylic acids is 1. The average Bonchev–Trinajstić information content (AvgIpc) is 2.39. The van der Waals surface area contributed by atoms with Crippen LogP contribution in [0.2, 0.25) is 0 Å². The van der Waals surface area contributed by atoms with Crippen LogP contribution in [0, 0.1) is 6.92 Å². The second kappa shape index (κ2) is 8.99. The fourth-order valence-corrected chi connectivity index (χ4v) is 2.75. The van der Waals surface area contributed by atoms with Crippen LogP contribution in [0.3, 0.4) is 0 Å². The van der Waals surface area contributed by atoms with E-state index in [4.69, 9.17) is 0 Å². The van der Waals surface area contributed by atoms with Crippen LogP contribution in [0.25, 0.3) is 0 Å². The first-order chi connectivity index (χ1) is 9.42. The van der Waals surface area contributed by atoms with Crippen molar-refractivity contribution in [2.45, 2.75) is 18.7 Å². The van der Waals surface area contributed by atoms with Crippen molar-refractivity contribution in [1.82, 2.24) is 15.4 Å². The van der Waals surface area contributed by atoms with E-state index in [1.165, 1.54) is 12.1 Å². The smallest absolute Gasteiger partial charge is 0.251 e. The molecule has 0 spiro atoms. The summed E-state index contributed by atoms with van der Waals surface area (Å²) in [4.78, 5) is 12.1. The van der Waals surface area contributed by atoms with Crippen LogP contribution < -0.4 is 15.4 Å². The molecular weight excluding hydrogens is 314 g/mol. The maximum atomic E-state index is 12.0. The number of carbonyl (C=O) groups is 1. The number of sulfonamides is 1. The van der Waals surface area contributed by atoms with Crippen LogP contribution in [0.5, 0.6) is 0 Å². The Morgan fingerprint density at radius 3 is 2.48 bits per heavy atom. The zero-order chi connectivity index (χ0) is 15.2. The van der Waals surface area contributed by atoms with Gasteiger partial charge in [0.15, 0.2) is 0 Å². The monoisotopic (exact) mass is 335 g/mol. The van der Waals surface area contributed by atoms with Gasteiger partial charge < -0.3 is 10.6 Å². The number of amides is 1. The van der Waals surface area contributed by atoms with Crippen molar-refractivity contribution in [1.29, 1.82) is 0 Å². The Morgan fingerprint density at radius 2 is 1.90 bits per heavy atom. The summed E-state index contributed by atoms with van der Waals surface area (Å²) in [6.07, 6.45) is 0. The van der Waals surface area contributed by atoms with Crippen molar-refractivity contribution < 1.29 is 13.2 Å². The van der Waals surface area contributed by atoms with Crippen LogP contribution in [-0.2, 0) is 10.0 Å². The summed E-state index contributed by atoms with van der Waals surface area (Å²) in [5.41, 5.74) is 1.11. The summed E-state index contributed by atoms with van der Waals surface area (Å²) in [5, 5.41) is 5.66. The van der Waals surface area contributed by atoms with E-state index in [1.54, 1.807) is 27.0 Å². The zero-order valence-corrected chi connectivity index (χ0v) is 14.0. The molecule has 0 heterocycles. The van der Waals surface area contributed by atoms with Gasteiger partial charge in [-0.3, -0.25) is 4.79 Å². The molecule has 0 unspecified atom stereocenters. The molecule has 0 radical (unpaired) electrons. The highest BCUT2D eigenvalue weighted by Crippen LogP contribution is 2.15. The molecule has 0 aliphatic rings. The van der Waals surface area contributed by atoms with E-state index in [1.807, 2.05) is 0 Å². The highest BCUT2D eigenvalue weighted by Gasteiger charge is 2.16. The number of hydrogen-bond acceptors (Lipinski definition) is 4. The number of hydrogen-bond donors (Lipinski definition) is 3. The molecule has 0 atom stereocenters. The molecular formula is C13H22ClN3O3S. The molecule has 0 aromatic heterocycles. The van der Waals surface area contributed by atoms with E-state index in [0.717, 1.165) is 5.56 Å². The highest BCUT2D eigenvalue weighted by molar-refractivity contribution is 7.89. The van der Waals surface area contributed by atoms with E-state index in [0.29, 0.717) is 25.2 Å². The van der Waals surface area contributed by atoms with Gasteiger partial charge in [0.25, 0.3) is 5.91 Å². The Hall–Kier alpha value is -1.15. The Bertz CT molecular complexity index is 576. The van der Waals surface area contributed by atoms with E-state index < -0.39 is 10.0 Å². The van der Waals surface area contributed by atoms with Crippen molar-refractivity contribution in [3.8, 4) is 0 Å². The SMILES string of the molecule is CCNS(=O)(=O)c1ccc(C)c(C(=O)NCCNC)c1.Cl. The summed E-state index contributed by atoms with van der Waals surface area (Å²) in [5.74, 6) is -0.272. The van der Waals surface area contributed by atoms with Crippen LogP contribution in [0.1, 0.15) is 22.8 Å². The molecule has 1 aromatic rings. The number of halogens is 1. The zero-order valence-electron chi connectivity index (χ0n) is 12.4. The number of nitrogens with one attached hydrogen (secondary N) is 3. The predicted octanol–water partition coefficient (Wildman–Crippen LogP) is 0.664. The lowest BCUT2D eigenvalue weighted by Gasteiger charge is -2.10. The molecule has 0 aliphatic heterocycles. The van der Waals surface area contributed by atoms with Gasteiger partial charge in [-0.15, -0.1) is 12.4 Å². The first-order valence-corrected chi connectivity index (χ1v) is 7.93. The van der Waals surface area contributed by atoms with Gasteiger partial charge in [0.2, 0.25) is 10.0 Å². The molecule has 1 amide bonds. The highest BCUT2D eigenvalue weighted by atomic mass is 35.5. The van der Waals surface area contributed by atoms with Crippen LogP contribution in [0.15, 0.2) is 23.1 Å².